The lowest BCUT2D eigenvalue weighted by Gasteiger charge is -2.36. The van der Waals surface area contributed by atoms with Gasteiger partial charge in [-0.15, -0.1) is 0 Å². The number of carbonyl (C=O) groups is 1. The maximum absolute atomic E-state index is 12.9. The van der Waals surface area contributed by atoms with Gasteiger partial charge in [0, 0.05) is 31.9 Å². The Morgan fingerprint density at radius 3 is 2.44 bits per heavy atom. The first-order valence-corrected chi connectivity index (χ1v) is 8.31. The number of methoxy groups -OCH3 is 1. The summed E-state index contributed by atoms with van der Waals surface area (Å²) in [5.74, 6) is 0.466. The molecule has 0 atom stereocenters. The summed E-state index contributed by atoms with van der Waals surface area (Å²) < 4.78 is 18.3. The van der Waals surface area contributed by atoms with Crippen LogP contribution in [0.25, 0.3) is 0 Å². The van der Waals surface area contributed by atoms with Gasteiger partial charge < -0.3 is 15.0 Å². The predicted octanol–water partition coefficient (Wildman–Crippen LogP) is 2.60. The van der Waals surface area contributed by atoms with Crippen molar-refractivity contribution in [3.8, 4) is 5.75 Å². The van der Waals surface area contributed by atoms with Gasteiger partial charge in [0.1, 0.15) is 11.6 Å². The molecule has 1 heterocycles. The van der Waals surface area contributed by atoms with Crippen molar-refractivity contribution in [1.29, 1.82) is 0 Å². The molecule has 5 nitrogen and oxygen atoms in total. The number of carbonyl (C=O) groups excluding carboxylic acids is 1. The second kappa shape index (κ2) is 7.98. The second-order valence-electron chi connectivity index (χ2n) is 5.99. The van der Waals surface area contributed by atoms with Crippen LogP contribution in [0.1, 0.15) is 0 Å². The standard InChI is InChI=1S/C19H22FN3O2/c1-25-18-5-3-2-4-17(18)23-12-10-22(11-13-23)14-19(24)21-16-8-6-15(20)7-9-16/h2-9H,10-14H2,1H3,(H,21,24). The fourth-order valence-corrected chi connectivity index (χ4v) is 2.97. The van der Waals surface area contributed by atoms with Gasteiger partial charge in [-0.05, 0) is 36.4 Å². The molecule has 1 aliphatic rings. The summed E-state index contributed by atoms with van der Waals surface area (Å²) in [6.07, 6.45) is 0. The molecule has 0 unspecified atom stereocenters. The fourth-order valence-electron chi connectivity index (χ4n) is 2.97. The smallest absolute Gasteiger partial charge is 0.238 e. The zero-order valence-corrected chi connectivity index (χ0v) is 14.2. The van der Waals surface area contributed by atoms with Crippen LogP contribution in [0.2, 0.25) is 0 Å². The number of halogens is 1. The lowest BCUT2D eigenvalue weighted by Crippen LogP contribution is -2.48. The number of nitrogens with zero attached hydrogens (tertiary/aromatic N) is 2. The second-order valence-corrected chi connectivity index (χ2v) is 5.99. The van der Waals surface area contributed by atoms with Gasteiger partial charge in [0.2, 0.25) is 5.91 Å². The Balaban J connectivity index is 1.50. The Morgan fingerprint density at radius 2 is 1.76 bits per heavy atom. The minimum atomic E-state index is -0.314. The molecule has 1 N–H and O–H groups in total. The van der Waals surface area contributed by atoms with Gasteiger partial charge in [-0.2, -0.15) is 0 Å². The number of ether oxygens (including phenoxy) is 1. The minimum Gasteiger partial charge on any atom is -0.495 e. The van der Waals surface area contributed by atoms with E-state index in [1.807, 2.05) is 18.2 Å². The van der Waals surface area contributed by atoms with Crippen LogP contribution < -0.4 is 15.0 Å². The van der Waals surface area contributed by atoms with E-state index in [-0.39, 0.29) is 11.7 Å². The van der Waals surface area contributed by atoms with E-state index in [9.17, 15) is 9.18 Å². The molecule has 1 aliphatic heterocycles. The highest BCUT2D eigenvalue weighted by molar-refractivity contribution is 5.92. The van der Waals surface area contributed by atoms with Crippen LogP contribution in [-0.4, -0.2) is 50.6 Å². The summed E-state index contributed by atoms with van der Waals surface area (Å²) in [6.45, 7) is 3.61. The largest absolute Gasteiger partial charge is 0.495 e. The molecule has 3 rings (SSSR count). The summed E-state index contributed by atoms with van der Waals surface area (Å²) >= 11 is 0. The molecule has 132 valence electrons. The normalized spacial score (nSPS) is 15.0. The van der Waals surface area contributed by atoms with E-state index in [1.165, 1.54) is 12.1 Å². The number of amides is 1. The van der Waals surface area contributed by atoms with Gasteiger partial charge in [-0.25, -0.2) is 4.39 Å². The van der Waals surface area contributed by atoms with Crippen molar-refractivity contribution in [1.82, 2.24) is 4.90 Å². The molecule has 1 saturated heterocycles. The molecular formula is C19H22FN3O2. The summed E-state index contributed by atoms with van der Waals surface area (Å²) in [4.78, 5) is 16.5. The summed E-state index contributed by atoms with van der Waals surface area (Å²) in [6, 6.07) is 13.8. The molecule has 0 spiro atoms. The van der Waals surface area contributed by atoms with Gasteiger partial charge >= 0.3 is 0 Å². The number of benzene rings is 2. The van der Waals surface area contributed by atoms with Crippen LogP contribution in [-0.2, 0) is 4.79 Å². The highest BCUT2D eigenvalue weighted by atomic mass is 19.1. The van der Waals surface area contributed by atoms with Crippen molar-refractivity contribution in [2.75, 3.05) is 50.1 Å². The Bertz CT molecular complexity index is 713. The first kappa shape index (κ1) is 17.2. The number of rotatable bonds is 5. The monoisotopic (exact) mass is 343 g/mol. The zero-order valence-electron chi connectivity index (χ0n) is 14.2. The minimum absolute atomic E-state index is 0.0858. The third-order valence-corrected chi connectivity index (χ3v) is 4.29. The molecule has 2 aromatic carbocycles. The van der Waals surface area contributed by atoms with E-state index in [1.54, 1.807) is 19.2 Å². The molecule has 6 heteroatoms. The van der Waals surface area contributed by atoms with Crippen LogP contribution in [0.5, 0.6) is 5.75 Å². The van der Waals surface area contributed by atoms with Crippen LogP contribution >= 0.6 is 0 Å². The average Bonchev–Trinajstić information content (AvgIpc) is 2.64. The Hall–Kier alpha value is -2.60. The predicted molar refractivity (Wildman–Crippen MR) is 96.7 cm³/mol. The quantitative estimate of drug-likeness (QED) is 0.906. The number of anilines is 2. The van der Waals surface area contributed by atoms with E-state index in [4.69, 9.17) is 4.74 Å². The van der Waals surface area contributed by atoms with Gasteiger partial charge in [0.25, 0.3) is 0 Å². The molecule has 0 radical (unpaired) electrons. The molecule has 0 saturated carbocycles. The molecule has 2 aromatic rings. The molecule has 1 fully saturated rings. The molecule has 0 bridgehead atoms. The summed E-state index contributed by atoms with van der Waals surface area (Å²) in [5, 5.41) is 2.80. The fraction of sp³-hybridized carbons (Fsp3) is 0.316. The topological polar surface area (TPSA) is 44.8 Å². The molecule has 0 aromatic heterocycles. The van der Waals surface area contributed by atoms with Crippen molar-refractivity contribution in [2.24, 2.45) is 0 Å². The van der Waals surface area contributed by atoms with E-state index < -0.39 is 0 Å². The van der Waals surface area contributed by atoms with Gasteiger partial charge in [-0.1, -0.05) is 12.1 Å². The van der Waals surface area contributed by atoms with E-state index in [2.05, 4.69) is 21.2 Å². The highest BCUT2D eigenvalue weighted by Crippen LogP contribution is 2.28. The number of piperazine rings is 1. The van der Waals surface area contributed by atoms with Crippen LogP contribution in [0.3, 0.4) is 0 Å². The van der Waals surface area contributed by atoms with Crippen LogP contribution in [0, 0.1) is 5.82 Å². The number of hydrogen-bond acceptors (Lipinski definition) is 4. The third kappa shape index (κ3) is 4.48. The lowest BCUT2D eigenvalue weighted by atomic mass is 10.2. The van der Waals surface area contributed by atoms with Crippen molar-refractivity contribution in [3.63, 3.8) is 0 Å². The Labute approximate surface area is 147 Å². The summed E-state index contributed by atoms with van der Waals surface area (Å²) in [5.41, 5.74) is 1.69. The van der Waals surface area contributed by atoms with Gasteiger partial charge in [-0.3, -0.25) is 9.69 Å². The SMILES string of the molecule is COc1ccccc1N1CCN(CC(=O)Nc2ccc(F)cc2)CC1. The number of para-hydroxylation sites is 2. The van der Waals surface area contributed by atoms with E-state index in [0.717, 1.165) is 37.6 Å². The first-order chi connectivity index (χ1) is 12.2. The van der Waals surface area contributed by atoms with Gasteiger partial charge in [0.15, 0.2) is 0 Å². The van der Waals surface area contributed by atoms with E-state index in [0.29, 0.717) is 12.2 Å². The highest BCUT2D eigenvalue weighted by Gasteiger charge is 2.21. The van der Waals surface area contributed by atoms with Crippen LogP contribution in [0.4, 0.5) is 15.8 Å². The van der Waals surface area contributed by atoms with Gasteiger partial charge in [0.05, 0.1) is 19.3 Å². The van der Waals surface area contributed by atoms with Crippen molar-refractivity contribution in [2.45, 2.75) is 0 Å². The third-order valence-electron chi connectivity index (χ3n) is 4.29. The van der Waals surface area contributed by atoms with Crippen molar-refractivity contribution in [3.05, 3.63) is 54.3 Å². The lowest BCUT2D eigenvalue weighted by molar-refractivity contribution is -0.117. The molecular weight excluding hydrogens is 321 g/mol. The van der Waals surface area contributed by atoms with Crippen molar-refractivity contribution >= 4 is 17.3 Å². The number of nitrogens with one attached hydrogen (secondary N) is 1. The Morgan fingerprint density at radius 1 is 1.08 bits per heavy atom. The maximum atomic E-state index is 12.9. The van der Waals surface area contributed by atoms with Crippen LogP contribution in [0.15, 0.2) is 48.5 Å². The number of hydrogen-bond donors (Lipinski definition) is 1. The molecule has 25 heavy (non-hydrogen) atoms. The van der Waals surface area contributed by atoms with Crippen molar-refractivity contribution < 1.29 is 13.9 Å². The first-order valence-electron chi connectivity index (χ1n) is 8.31. The Kier molecular flexibility index (Phi) is 5.50. The molecule has 1 amide bonds. The summed E-state index contributed by atoms with van der Waals surface area (Å²) in [7, 11) is 1.68. The average molecular weight is 343 g/mol. The zero-order chi connectivity index (χ0) is 17.6. The van der Waals surface area contributed by atoms with E-state index >= 15 is 0 Å². The maximum Gasteiger partial charge on any atom is 0.238 e. The molecule has 0 aliphatic carbocycles.